The smallest absolute Gasteiger partial charge is 0.0971 e. The highest BCUT2D eigenvalue weighted by Gasteiger charge is 2.04. The average molecular weight is 332 g/mol. The first-order valence-corrected chi connectivity index (χ1v) is 9.10. The van der Waals surface area contributed by atoms with Crippen molar-refractivity contribution < 1.29 is 5.11 Å². The summed E-state index contributed by atoms with van der Waals surface area (Å²) in [4.78, 5) is 0. The number of hydrogen-bond donors (Lipinski definition) is 1. The Morgan fingerprint density at radius 3 is 2.52 bits per heavy atom. The summed E-state index contributed by atoms with van der Waals surface area (Å²) in [6.07, 6.45) is 7.39. The Balaban J connectivity index is 2.13. The lowest BCUT2D eigenvalue weighted by atomic mass is 9.97. The molecule has 0 spiro atoms. The van der Waals surface area contributed by atoms with Gasteiger partial charge in [0.1, 0.15) is 0 Å². The molecule has 1 heteroatoms. The molecule has 2 rings (SSSR count). The van der Waals surface area contributed by atoms with Gasteiger partial charge in [-0.25, -0.2) is 0 Å². The quantitative estimate of drug-likeness (QED) is 0.410. The summed E-state index contributed by atoms with van der Waals surface area (Å²) in [5, 5.41) is 10.3. The largest absolute Gasteiger partial charge is 0.384 e. The summed E-state index contributed by atoms with van der Waals surface area (Å²) in [5.74, 6) is 6.63. The van der Waals surface area contributed by atoms with Crippen LogP contribution in [0.3, 0.4) is 0 Å². The van der Waals surface area contributed by atoms with Crippen molar-refractivity contribution in [3.05, 3.63) is 82.4 Å². The van der Waals surface area contributed by atoms with E-state index in [1.54, 1.807) is 0 Å². The lowest BCUT2D eigenvalue weighted by Gasteiger charge is -2.08. The first-order chi connectivity index (χ1) is 12.1. The van der Waals surface area contributed by atoms with Gasteiger partial charge in [0.05, 0.1) is 6.10 Å². The zero-order valence-electron chi connectivity index (χ0n) is 15.5. The van der Waals surface area contributed by atoms with Gasteiger partial charge >= 0.3 is 0 Å². The Labute approximate surface area is 152 Å². The summed E-state index contributed by atoms with van der Waals surface area (Å²) in [7, 11) is 0. The second-order valence-electron chi connectivity index (χ2n) is 6.49. The Morgan fingerprint density at radius 1 is 1.08 bits per heavy atom. The van der Waals surface area contributed by atoms with E-state index < -0.39 is 6.10 Å². The van der Waals surface area contributed by atoms with Crippen LogP contribution >= 0.6 is 0 Å². The number of rotatable bonds is 6. The van der Waals surface area contributed by atoms with Crippen LogP contribution in [-0.2, 0) is 6.42 Å². The van der Waals surface area contributed by atoms with Crippen LogP contribution in [0.1, 0.15) is 60.1 Å². The third-order valence-corrected chi connectivity index (χ3v) is 4.40. The lowest BCUT2D eigenvalue weighted by Crippen LogP contribution is -1.95. The van der Waals surface area contributed by atoms with E-state index in [-0.39, 0.29) is 0 Å². The molecule has 130 valence electrons. The van der Waals surface area contributed by atoms with Crippen LogP contribution in [0.4, 0.5) is 0 Å². The van der Waals surface area contributed by atoms with E-state index >= 15 is 0 Å². The molecule has 1 unspecified atom stereocenters. The number of benzene rings is 2. The second-order valence-corrected chi connectivity index (χ2v) is 6.49. The third-order valence-electron chi connectivity index (χ3n) is 4.40. The van der Waals surface area contributed by atoms with Crippen LogP contribution < -0.4 is 0 Å². The summed E-state index contributed by atoms with van der Waals surface area (Å²) >= 11 is 0. The predicted molar refractivity (Wildman–Crippen MR) is 107 cm³/mol. The Hall–Kier alpha value is -2.30. The maximum Gasteiger partial charge on any atom is 0.0971 e. The van der Waals surface area contributed by atoms with Crippen molar-refractivity contribution in [2.24, 2.45) is 0 Å². The van der Waals surface area contributed by atoms with E-state index in [0.29, 0.717) is 0 Å². The molecule has 0 saturated heterocycles. The molecule has 25 heavy (non-hydrogen) atoms. The van der Waals surface area contributed by atoms with Crippen molar-refractivity contribution in [1.82, 2.24) is 0 Å². The van der Waals surface area contributed by atoms with E-state index in [2.05, 4.69) is 44.7 Å². The molecule has 0 amide bonds. The van der Waals surface area contributed by atoms with Crippen LogP contribution in [0.2, 0.25) is 0 Å². The van der Waals surface area contributed by atoms with Crippen LogP contribution in [0.15, 0.2) is 54.6 Å². The maximum atomic E-state index is 10.3. The van der Waals surface area contributed by atoms with E-state index in [0.717, 1.165) is 30.4 Å². The molecule has 0 bridgehead atoms. The number of hydrogen-bond acceptors (Lipinski definition) is 1. The molecule has 2 aromatic rings. The SMILES string of the molecule is CCCCC#Cc1cc(C)c(C)cc1C/C=C/C(O)c1ccccc1. The predicted octanol–water partition coefficient (Wildman–Crippen LogP) is 5.68. The lowest BCUT2D eigenvalue weighted by molar-refractivity contribution is 0.228. The van der Waals surface area contributed by atoms with Crippen LogP contribution in [0, 0.1) is 25.7 Å². The van der Waals surface area contributed by atoms with Gasteiger partial charge in [-0.1, -0.05) is 73.7 Å². The van der Waals surface area contributed by atoms with Crippen LogP contribution in [-0.4, -0.2) is 5.11 Å². The standard InChI is InChI=1S/C24H28O/c1-4-5-6-8-14-22-17-19(2)20(3)18-23(22)15-11-16-24(25)21-12-9-7-10-13-21/h7,9-13,16-18,24-25H,4-6,15H2,1-3H3/b16-11+. The van der Waals surface area contributed by atoms with Gasteiger partial charge in [0, 0.05) is 12.0 Å². The summed E-state index contributed by atoms with van der Waals surface area (Å²) in [6.45, 7) is 6.45. The van der Waals surface area contributed by atoms with E-state index in [1.165, 1.54) is 23.1 Å². The minimum absolute atomic E-state index is 0.563. The molecule has 0 fully saturated rings. The van der Waals surface area contributed by atoms with Gasteiger partial charge < -0.3 is 5.11 Å². The Morgan fingerprint density at radius 2 is 1.80 bits per heavy atom. The molecule has 1 nitrogen and oxygen atoms in total. The monoisotopic (exact) mass is 332 g/mol. The highest BCUT2D eigenvalue weighted by atomic mass is 16.3. The van der Waals surface area contributed by atoms with Crippen molar-refractivity contribution in [1.29, 1.82) is 0 Å². The number of aliphatic hydroxyl groups excluding tert-OH is 1. The van der Waals surface area contributed by atoms with E-state index in [9.17, 15) is 5.11 Å². The number of aryl methyl sites for hydroxylation is 2. The molecular formula is C24H28O. The van der Waals surface area contributed by atoms with Gasteiger partial charge in [0.2, 0.25) is 0 Å². The number of unbranched alkanes of at least 4 members (excludes halogenated alkanes) is 2. The van der Waals surface area contributed by atoms with Crippen molar-refractivity contribution in [2.75, 3.05) is 0 Å². The van der Waals surface area contributed by atoms with Gasteiger partial charge in [-0.2, -0.15) is 0 Å². The van der Waals surface area contributed by atoms with Gasteiger partial charge in [-0.15, -0.1) is 0 Å². The molecule has 0 aromatic heterocycles. The average Bonchev–Trinajstić information content (AvgIpc) is 2.63. The Kier molecular flexibility index (Phi) is 7.51. The highest BCUT2D eigenvalue weighted by Crippen LogP contribution is 2.18. The highest BCUT2D eigenvalue weighted by molar-refractivity contribution is 5.47. The first-order valence-electron chi connectivity index (χ1n) is 9.10. The number of allylic oxidation sites excluding steroid dienone is 1. The summed E-state index contributed by atoms with van der Waals surface area (Å²) in [5.41, 5.74) is 5.81. The molecule has 2 aromatic carbocycles. The molecule has 0 saturated carbocycles. The van der Waals surface area contributed by atoms with Gasteiger partial charge in [-0.3, -0.25) is 0 Å². The Bertz CT molecular complexity index is 760. The zero-order chi connectivity index (χ0) is 18.1. The topological polar surface area (TPSA) is 20.2 Å². The molecule has 0 aliphatic carbocycles. The van der Waals surface area contributed by atoms with Crippen molar-refractivity contribution in [2.45, 2.75) is 52.6 Å². The summed E-state index contributed by atoms with van der Waals surface area (Å²) < 4.78 is 0. The van der Waals surface area contributed by atoms with Gasteiger partial charge in [-0.05, 0) is 55.0 Å². The minimum Gasteiger partial charge on any atom is -0.384 e. The fourth-order valence-corrected chi connectivity index (χ4v) is 2.67. The zero-order valence-corrected chi connectivity index (χ0v) is 15.5. The molecule has 0 aliphatic heterocycles. The molecule has 0 aliphatic rings. The molecule has 0 heterocycles. The molecule has 1 N–H and O–H groups in total. The summed E-state index contributed by atoms with van der Waals surface area (Å²) in [6, 6.07) is 14.1. The van der Waals surface area contributed by atoms with Crippen molar-refractivity contribution in [3.63, 3.8) is 0 Å². The number of aliphatic hydroxyl groups is 1. The fraction of sp³-hybridized carbons (Fsp3) is 0.333. The first kappa shape index (κ1) is 19.0. The third kappa shape index (κ3) is 5.93. The minimum atomic E-state index is -0.563. The van der Waals surface area contributed by atoms with Crippen molar-refractivity contribution >= 4 is 0 Å². The second kappa shape index (κ2) is 9.87. The maximum absolute atomic E-state index is 10.3. The fourth-order valence-electron chi connectivity index (χ4n) is 2.67. The van der Waals surface area contributed by atoms with Crippen LogP contribution in [0.25, 0.3) is 0 Å². The molecule has 1 atom stereocenters. The molecular weight excluding hydrogens is 304 g/mol. The normalized spacial score (nSPS) is 12.0. The molecule has 0 radical (unpaired) electrons. The van der Waals surface area contributed by atoms with Crippen molar-refractivity contribution in [3.8, 4) is 11.8 Å². The van der Waals surface area contributed by atoms with E-state index in [4.69, 9.17) is 0 Å². The van der Waals surface area contributed by atoms with Gasteiger partial charge in [0.25, 0.3) is 0 Å². The van der Waals surface area contributed by atoms with Gasteiger partial charge in [0.15, 0.2) is 0 Å². The van der Waals surface area contributed by atoms with Crippen LogP contribution in [0.5, 0.6) is 0 Å². The van der Waals surface area contributed by atoms with E-state index in [1.807, 2.05) is 42.5 Å².